The van der Waals surface area contributed by atoms with Gasteiger partial charge in [-0.1, -0.05) is 13.8 Å². The van der Waals surface area contributed by atoms with E-state index in [1.807, 2.05) is 13.8 Å². The zero-order valence-electron chi connectivity index (χ0n) is 25.9. The van der Waals surface area contributed by atoms with E-state index in [1.54, 1.807) is 0 Å². The second kappa shape index (κ2) is 20.9. The Labute approximate surface area is 270 Å². The summed E-state index contributed by atoms with van der Waals surface area (Å²) < 4.78 is 0. The molecule has 0 heterocycles. The van der Waals surface area contributed by atoms with E-state index >= 15 is 0 Å². The van der Waals surface area contributed by atoms with Crippen molar-refractivity contribution in [3.63, 3.8) is 0 Å². The summed E-state index contributed by atoms with van der Waals surface area (Å²) in [6, 6.07) is -8.31. The van der Waals surface area contributed by atoms with Crippen LogP contribution in [-0.2, 0) is 38.4 Å². The van der Waals surface area contributed by atoms with Gasteiger partial charge in [-0.3, -0.25) is 38.4 Å². The van der Waals surface area contributed by atoms with Crippen LogP contribution in [0.5, 0.6) is 0 Å². The van der Waals surface area contributed by atoms with Gasteiger partial charge in [0.25, 0.3) is 0 Å². The maximum Gasteiger partial charge on any atom is 0.325 e. The molecule has 7 atom stereocenters. The van der Waals surface area contributed by atoms with Crippen LogP contribution in [0.4, 0.5) is 0 Å². The number of nitrogens with one attached hydrogen (secondary N) is 6. The summed E-state index contributed by atoms with van der Waals surface area (Å²) >= 11 is 4.04. The smallest absolute Gasteiger partial charge is 0.325 e. The molecule has 0 rings (SSSR count). The zero-order chi connectivity index (χ0) is 35.7. The maximum atomic E-state index is 12.7. The third-order valence-electron chi connectivity index (χ3n) is 6.21. The number of carboxylic acid groups (broad SMARTS) is 2. The average molecular weight is 680 g/mol. The van der Waals surface area contributed by atoms with Gasteiger partial charge in [-0.05, 0) is 32.6 Å². The number of thiol groups is 1. The fraction of sp³-hybridized carbons (Fsp3) is 0.692. The van der Waals surface area contributed by atoms with Crippen molar-refractivity contribution < 1.29 is 58.8 Å². The molecule has 0 aromatic carbocycles. The minimum absolute atomic E-state index is 0.105. The predicted molar refractivity (Wildman–Crippen MR) is 163 cm³/mol. The van der Waals surface area contributed by atoms with Gasteiger partial charge in [-0.2, -0.15) is 12.6 Å². The number of carboxylic acids is 2. The van der Waals surface area contributed by atoms with E-state index < -0.39 is 116 Å². The van der Waals surface area contributed by atoms with Crippen LogP contribution >= 0.6 is 12.6 Å². The van der Waals surface area contributed by atoms with Crippen molar-refractivity contribution in [2.24, 2.45) is 11.7 Å². The van der Waals surface area contributed by atoms with Crippen LogP contribution in [-0.4, -0.2) is 129 Å². The van der Waals surface area contributed by atoms with E-state index in [9.17, 15) is 48.6 Å². The fourth-order valence-corrected chi connectivity index (χ4v) is 3.91. The number of hydrogen-bond acceptors (Lipinski definition) is 12. The van der Waals surface area contributed by atoms with E-state index in [2.05, 4.69) is 44.5 Å². The predicted octanol–water partition coefficient (Wildman–Crippen LogP) is -4.83. The van der Waals surface area contributed by atoms with E-state index in [-0.39, 0.29) is 11.7 Å². The van der Waals surface area contributed by atoms with Crippen LogP contribution in [0.15, 0.2) is 0 Å². The quantitative estimate of drug-likeness (QED) is 0.0507. The summed E-state index contributed by atoms with van der Waals surface area (Å²) in [5, 5.41) is 50.8. The molecule has 0 unspecified atom stereocenters. The van der Waals surface area contributed by atoms with Gasteiger partial charge in [0.15, 0.2) is 0 Å². The largest absolute Gasteiger partial charge is 0.481 e. The molecule has 46 heavy (non-hydrogen) atoms. The van der Waals surface area contributed by atoms with Gasteiger partial charge >= 0.3 is 11.9 Å². The Morgan fingerprint density at radius 1 is 0.739 bits per heavy atom. The Hall–Kier alpha value is -4.01. The summed E-state index contributed by atoms with van der Waals surface area (Å²) in [6.45, 7) is 4.23. The van der Waals surface area contributed by atoms with Crippen LogP contribution in [0, 0.1) is 5.92 Å². The maximum absolute atomic E-state index is 12.7. The number of carbonyl (C=O) groups is 8. The summed E-state index contributed by atoms with van der Waals surface area (Å²) in [5.74, 6) is -8.48. The van der Waals surface area contributed by atoms with Gasteiger partial charge in [0.05, 0.1) is 25.3 Å². The highest BCUT2D eigenvalue weighted by Gasteiger charge is 2.32. The van der Waals surface area contributed by atoms with E-state index in [0.717, 1.165) is 6.92 Å². The lowest BCUT2D eigenvalue weighted by Crippen LogP contribution is -2.60. The lowest BCUT2D eigenvalue weighted by molar-refractivity contribution is -0.142. The fourth-order valence-electron chi connectivity index (χ4n) is 3.65. The minimum atomic E-state index is -1.68. The molecule has 0 bridgehead atoms. The number of rotatable bonds is 21. The van der Waals surface area contributed by atoms with Gasteiger partial charge in [0, 0.05) is 12.2 Å². The Balaban J connectivity index is 5.31. The number of aliphatic hydroxyl groups excluding tert-OH is 2. The van der Waals surface area contributed by atoms with Crippen molar-refractivity contribution >= 4 is 60.0 Å². The first-order valence-electron chi connectivity index (χ1n) is 14.2. The van der Waals surface area contributed by atoms with Gasteiger partial charge in [-0.25, -0.2) is 0 Å². The van der Waals surface area contributed by atoms with Crippen LogP contribution < -0.4 is 37.6 Å². The van der Waals surface area contributed by atoms with Crippen molar-refractivity contribution in [1.29, 1.82) is 0 Å². The van der Waals surface area contributed by atoms with Crippen LogP contribution in [0.1, 0.15) is 47.0 Å². The first-order valence-corrected chi connectivity index (χ1v) is 14.9. The van der Waals surface area contributed by atoms with Crippen molar-refractivity contribution in [3.8, 4) is 0 Å². The molecule has 0 aliphatic rings. The van der Waals surface area contributed by atoms with Crippen LogP contribution in [0.2, 0.25) is 0 Å². The number of carbonyl (C=O) groups excluding carboxylic acids is 6. The van der Waals surface area contributed by atoms with E-state index in [1.165, 1.54) is 6.92 Å². The van der Waals surface area contributed by atoms with Gasteiger partial charge < -0.3 is 58.1 Å². The highest BCUT2D eigenvalue weighted by atomic mass is 32.1. The molecule has 0 saturated carbocycles. The highest BCUT2D eigenvalue weighted by Crippen LogP contribution is 2.04. The molecule has 0 spiro atoms. The zero-order valence-corrected chi connectivity index (χ0v) is 26.8. The average Bonchev–Trinajstić information content (AvgIpc) is 2.96. The molecule has 262 valence electrons. The first kappa shape index (κ1) is 42.0. The summed E-state index contributed by atoms with van der Waals surface area (Å²) in [7, 11) is 0. The van der Waals surface area contributed by atoms with Crippen LogP contribution in [0.3, 0.4) is 0 Å². The summed E-state index contributed by atoms with van der Waals surface area (Å²) in [6.07, 6.45) is -2.16. The summed E-state index contributed by atoms with van der Waals surface area (Å²) in [4.78, 5) is 97.3. The third kappa shape index (κ3) is 15.8. The van der Waals surface area contributed by atoms with Gasteiger partial charge in [0.2, 0.25) is 35.4 Å². The van der Waals surface area contributed by atoms with E-state index in [0.29, 0.717) is 6.42 Å². The topological polar surface area (TPSA) is 316 Å². The molecule has 19 nitrogen and oxygen atoms in total. The molecule has 0 aliphatic carbocycles. The molecule has 20 heteroatoms. The highest BCUT2D eigenvalue weighted by molar-refractivity contribution is 7.80. The SMILES string of the molecule is CC(C)C[C@H](N)C(=O)N[C@@H](CS)C(=O)N[C@H](C(=O)NCC(=O)N[C@@H](CO)C(=O)N[C@@H](CCC(=O)O)C(=O)N[C@@H](C)C(=O)O)[C@@H](C)O. The summed E-state index contributed by atoms with van der Waals surface area (Å²) in [5.41, 5.74) is 5.83. The Morgan fingerprint density at radius 3 is 1.76 bits per heavy atom. The minimum Gasteiger partial charge on any atom is -0.481 e. The third-order valence-corrected chi connectivity index (χ3v) is 6.57. The molecular formula is C26H45N7O12S. The van der Waals surface area contributed by atoms with Crippen molar-refractivity contribution in [1.82, 2.24) is 31.9 Å². The number of aliphatic hydroxyl groups is 2. The van der Waals surface area contributed by atoms with Gasteiger partial charge in [0.1, 0.15) is 30.2 Å². The van der Waals surface area contributed by atoms with E-state index in [4.69, 9.17) is 15.9 Å². The normalized spacial score (nSPS) is 15.5. The Kier molecular flexibility index (Phi) is 19.1. The molecule has 0 aliphatic heterocycles. The lowest BCUT2D eigenvalue weighted by atomic mass is 10.0. The Morgan fingerprint density at radius 2 is 1.28 bits per heavy atom. The lowest BCUT2D eigenvalue weighted by Gasteiger charge is -2.25. The molecule has 6 amide bonds. The molecule has 12 N–H and O–H groups in total. The number of amides is 6. The first-order chi connectivity index (χ1) is 21.3. The van der Waals surface area contributed by atoms with Crippen molar-refractivity contribution in [3.05, 3.63) is 0 Å². The van der Waals surface area contributed by atoms with Gasteiger partial charge in [-0.15, -0.1) is 0 Å². The number of hydrogen-bond donors (Lipinski definition) is 12. The van der Waals surface area contributed by atoms with Crippen molar-refractivity contribution in [2.45, 2.75) is 89.3 Å². The molecular weight excluding hydrogens is 634 g/mol. The molecule has 0 saturated heterocycles. The second-order valence-corrected chi connectivity index (χ2v) is 11.2. The standard InChI is InChI=1S/C26H45N7O12S/c1-11(2)7-14(27)21(39)32-17(10-46)24(42)33-20(13(4)35)25(43)28-8-18(36)30-16(9-34)23(41)31-15(5-6-19(37)38)22(40)29-12(3)26(44)45/h11-17,20,34-35,46H,5-10,27H2,1-4H3,(H,28,43)(H,29,40)(H,30,36)(H,31,41)(H,32,39)(H,33,42)(H,37,38)(H,44,45)/t12-,13+,14-,15-,16-,17-,20-/m0/s1. The molecule has 0 aromatic rings. The van der Waals surface area contributed by atoms with Crippen molar-refractivity contribution in [2.75, 3.05) is 18.9 Å². The second-order valence-electron chi connectivity index (χ2n) is 10.8. The Bertz CT molecular complexity index is 1110. The number of nitrogens with two attached hydrogens (primary N) is 1. The molecule has 0 aromatic heterocycles. The number of aliphatic carboxylic acids is 2. The monoisotopic (exact) mass is 679 g/mol. The molecule has 0 radical (unpaired) electrons. The van der Waals surface area contributed by atoms with Crippen LogP contribution in [0.25, 0.3) is 0 Å². The molecule has 0 fully saturated rings.